The normalized spacial score (nSPS) is 10.2. The Balaban J connectivity index is 1.72. The van der Waals surface area contributed by atoms with Gasteiger partial charge in [0, 0.05) is 6.54 Å². The number of hydrogen-bond donors (Lipinski definition) is 2. The van der Waals surface area contributed by atoms with Gasteiger partial charge in [0.25, 0.3) is 0 Å². The van der Waals surface area contributed by atoms with Crippen molar-refractivity contribution in [3.8, 4) is 0 Å². The first kappa shape index (κ1) is 17.3. The molecule has 132 valence electrons. The summed E-state index contributed by atoms with van der Waals surface area (Å²) in [6, 6.07) is 13.0. The summed E-state index contributed by atoms with van der Waals surface area (Å²) in [6.45, 7) is 0.456. The number of aromatic nitrogens is 3. The molecule has 2 aromatic carbocycles. The minimum Gasteiger partial charge on any atom is -0.465 e. The van der Waals surface area contributed by atoms with Crippen molar-refractivity contribution in [2.75, 3.05) is 17.7 Å². The van der Waals surface area contributed by atoms with Gasteiger partial charge in [-0.3, -0.25) is 0 Å². The zero-order valence-electron chi connectivity index (χ0n) is 13.9. The summed E-state index contributed by atoms with van der Waals surface area (Å²) in [5, 5.41) is 13.8. The average Bonchev–Trinajstić information content (AvgIpc) is 2.68. The number of benzene rings is 2. The second-order valence-electron chi connectivity index (χ2n) is 5.31. The highest BCUT2D eigenvalue weighted by molar-refractivity contribution is 5.96. The maximum Gasteiger partial charge on any atom is 0.339 e. The molecule has 0 aliphatic heterocycles. The monoisotopic (exact) mass is 353 g/mol. The molecule has 0 unspecified atom stereocenters. The molecule has 0 spiro atoms. The molecule has 0 saturated carbocycles. The van der Waals surface area contributed by atoms with Crippen LogP contribution >= 0.6 is 0 Å². The predicted octanol–water partition coefficient (Wildman–Crippen LogP) is 3.15. The lowest BCUT2D eigenvalue weighted by Crippen LogP contribution is -2.09. The maximum atomic E-state index is 12.9. The van der Waals surface area contributed by atoms with E-state index in [0.717, 1.165) is 5.56 Å². The second kappa shape index (κ2) is 8.02. The molecule has 1 heterocycles. The molecule has 1 aromatic heterocycles. The van der Waals surface area contributed by atoms with E-state index in [-0.39, 0.29) is 11.8 Å². The highest BCUT2D eigenvalue weighted by atomic mass is 19.1. The first-order valence-electron chi connectivity index (χ1n) is 7.78. The maximum absolute atomic E-state index is 12.9. The summed E-state index contributed by atoms with van der Waals surface area (Å²) >= 11 is 0. The summed E-state index contributed by atoms with van der Waals surface area (Å²) in [4.78, 5) is 16.1. The van der Waals surface area contributed by atoms with Gasteiger partial charge in [-0.1, -0.05) is 24.3 Å². The Labute approximate surface area is 149 Å². The van der Waals surface area contributed by atoms with Crippen LogP contribution in [-0.2, 0) is 11.3 Å². The van der Waals surface area contributed by atoms with Crippen molar-refractivity contribution in [1.29, 1.82) is 0 Å². The number of hydrogen-bond acceptors (Lipinski definition) is 7. The van der Waals surface area contributed by atoms with Crippen LogP contribution in [0.2, 0.25) is 0 Å². The lowest BCUT2D eigenvalue weighted by molar-refractivity contribution is 0.0602. The van der Waals surface area contributed by atoms with Gasteiger partial charge in [-0.25, -0.2) is 9.18 Å². The van der Waals surface area contributed by atoms with Crippen LogP contribution in [0.5, 0.6) is 0 Å². The minimum atomic E-state index is -0.466. The van der Waals surface area contributed by atoms with Gasteiger partial charge >= 0.3 is 5.97 Å². The number of methoxy groups -OCH3 is 1. The molecule has 3 aromatic rings. The van der Waals surface area contributed by atoms with Crippen LogP contribution in [0.15, 0.2) is 54.7 Å². The fraction of sp³-hybridized carbons (Fsp3) is 0.111. The summed E-state index contributed by atoms with van der Waals surface area (Å²) in [5.74, 6) is -0.0345. The molecule has 2 N–H and O–H groups in total. The third-order valence-electron chi connectivity index (χ3n) is 3.52. The van der Waals surface area contributed by atoms with E-state index >= 15 is 0 Å². The van der Waals surface area contributed by atoms with E-state index in [4.69, 9.17) is 4.74 Å². The van der Waals surface area contributed by atoms with Crippen molar-refractivity contribution in [2.24, 2.45) is 0 Å². The van der Waals surface area contributed by atoms with Gasteiger partial charge in [-0.05, 0) is 29.8 Å². The Hall–Kier alpha value is -3.55. The zero-order valence-corrected chi connectivity index (χ0v) is 13.9. The van der Waals surface area contributed by atoms with Gasteiger partial charge in [0.05, 0.1) is 24.6 Å². The molecule has 26 heavy (non-hydrogen) atoms. The number of carbonyl (C=O) groups is 1. The van der Waals surface area contributed by atoms with Crippen molar-refractivity contribution < 1.29 is 13.9 Å². The molecule has 0 fully saturated rings. The fourth-order valence-electron chi connectivity index (χ4n) is 2.24. The number of carbonyl (C=O) groups excluding carboxylic acids is 1. The van der Waals surface area contributed by atoms with E-state index in [1.807, 2.05) is 0 Å². The molecule has 0 bridgehead atoms. The standard InChI is InChI=1S/C18H16FN5O2/c1-26-17(25)14-4-2-3-5-15(14)22-18-23-16(11-21-24-18)20-10-12-6-8-13(19)9-7-12/h2-9,11H,10H2,1H3,(H2,20,22,23,24). The van der Waals surface area contributed by atoms with Crippen molar-refractivity contribution in [3.05, 3.63) is 71.7 Å². The molecule has 0 amide bonds. The molecule has 0 radical (unpaired) electrons. The largest absolute Gasteiger partial charge is 0.465 e. The van der Waals surface area contributed by atoms with E-state index < -0.39 is 5.97 Å². The lowest BCUT2D eigenvalue weighted by Gasteiger charge is -2.10. The second-order valence-corrected chi connectivity index (χ2v) is 5.31. The van der Waals surface area contributed by atoms with Gasteiger partial charge in [-0.2, -0.15) is 10.1 Å². The number of rotatable bonds is 6. The summed E-state index contributed by atoms with van der Waals surface area (Å²) < 4.78 is 17.7. The highest BCUT2D eigenvalue weighted by Crippen LogP contribution is 2.19. The minimum absolute atomic E-state index is 0.227. The Bertz CT molecular complexity index is 902. The molecule has 3 rings (SSSR count). The number of para-hydroxylation sites is 1. The van der Waals surface area contributed by atoms with Crippen molar-refractivity contribution in [3.63, 3.8) is 0 Å². The summed E-state index contributed by atoms with van der Waals surface area (Å²) in [5.41, 5.74) is 1.77. The molecular weight excluding hydrogens is 337 g/mol. The van der Waals surface area contributed by atoms with E-state index in [2.05, 4.69) is 25.8 Å². The van der Waals surface area contributed by atoms with Crippen LogP contribution < -0.4 is 10.6 Å². The molecule has 0 saturated heterocycles. The number of esters is 1. The number of halogens is 1. The van der Waals surface area contributed by atoms with Gasteiger partial charge in [0.2, 0.25) is 5.95 Å². The third kappa shape index (κ3) is 4.29. The van der Waals surface area contributed by atoms with Gasteiger partial charge in [0.1, 0.15) is 5.82 Å². The lowest BCUT2D eigenvalue weighted by atomic mass is 10.2. The zero-order chi connectivity index (χ0) is 18.4. The third-order valence-corrected chi connectivity index (χ3v) is 3.52. The van der Waals surface area contributed by atoms with Crippen LogP contribution in [-0.4, -0.2) is 28.3 Å². The molecule has 8 heteroatoms. The highest BCUT2D eigenvalue weighted by Gasteiger charge is 2.12. The Morgan fingerprint density at radius 2 is 1.92 bits per heavy atom. The summed E-state index contributed by atoms with van der Waals surface area (Å²) in [7, 11) is 1.32. The SMILES string of the molecule is COC(=O)c1ccccc1Nc1nncc(NCc2ccc(F)cc2)n1. The Morgan fingerprint density at radius 1 is 1.15 bits per heavy atom. The van der Waals surface area contributed by atoms with Crippen LogP contribution in [0, 0.1) is 5.82 Å². The smallest absolute Gasteiger partial charge is 0.339 e. The quantitative estimate of drug-likeness (QED) is 0.658. The Morgan fingerprint density at radius 3 is 2.69 bits per heavy atom. The van der Waals surface area contributed by atoms with Gasteiger partial charge < -0.3 is 15.4 Å². The van der Waals surface area contributed by atoms with Crippen LogP contribution in [0.25, 0.3) is 0 Å². The molecule has 0 aliphatic carbocycles. The van der Waals surface area contributed by atoms with Gasteiger partial charge in [-0.15, -0.1) is 5.10 Å². The van der Waals surface area contributed by atoms with Crippen molar-refractivity contribution >= 4 is 23.4 Å². The van der Waals surface area contributed by atoms with E-state index in [1.165, 1.54) is 25.4 Å². The molecular formula is C18H16FN5O2. The van der Waals surface area contributed by atoms with Crippen LogP contribution in [0.3, 0.4) is 0 Å². The van der Waals surface area contributed by atoms with Crippen molar-refractivity contribution in [2.45, 2.75) is 6.54 Å². The summed E-state index contributed by atoms with van der Waals surface area (Å²) in [6.07, 6.45) is 1.47. The number of nitrogens with one attached hydrogen (secondary N) is 2. The van der Waals surface area contributed by atoms with E-state index in [0.29, 0.717) is 23.6 Å². The molecule has 7 nitrogen and oxygen atoms in total. The number of ether oxygens (including phenoxy) is 1. The van der Waals surface area contributed by atoms with E-state index in [9.17, 15) is 9.18 Å². The van der Waals surface area contributed by atoms with Crippen LogP contribution in [0.1, 0.15) is 15.9 Å². The number of nitrogens with zero attached hydrogens (tertiary/aromatic N) is 3. The molecule has 0 atom stereocenters. The number of anilines is 3. The van der Waals surface area contributed by atoms with Crippen LogP contribution in [0.4, 0.5) is 21.8 Å². The van der Waals surface area contributed by atoms with Crippen molar-refractivity contribution in [1.82, 2.24) is 15.2 Å². The first-order valence-corrected chi connectivity index (χ1v) is 7.78. The van der Waals surface area contributed by atoms with Gasteiger partial charge in [0.15, 0.2) is 5.82 Å². The fourth-order valence-corrected chi connectivity index (χ4v) is 2.24. The van der Waals surface area contributed by atoms with E-state index in [1.54, 1.807) is 36.4 Å². The molecule has 0 aliphatic rings. The Kier molecular flexibility index (Phi) is 5.33. The average molecular weight is 353 g/mol. The predicted molar refractivity (Wildman–Crippen MR) is 94.6 cm³/mol. The first-order chi connectivity index (χ1) is 12.7. The topological polar surface area (TPSA) is 89.0 Å².